The maximum atomic E-state index is 2.85. The Bertz CT molecular complexity index is 529. The van der Waals surface area contributed by atoms with Gasteiger partial charge in [-0.05, 0) is 119 Å². The predicted molar refractivity (Wildman–Crippen MR) is 121 cm³/mol. The highest BCUT2D eigenvalue weighted by Crippen LogP contribution is 2.60. The molecule has 2 heteroatoms. The second-order valence-electron chi connectivity index (χ2n) is 13.0. The normalized spacial score (nSPS) is 30.1. The van der Waals surface area contributed by atoms with Crippen LogP contribution in [0.4, 0.5) is 0 Å². The van der Waals surface area contributed by atoms with Gasteiger partial charge in [-0.25, -0.2) is 0 Å². The molecule has 4 fully saturated rings. The van der Waals surface area contributed by atoms with Gasteiger partial charge in [-0.2, -0.15) is 0 Å². The standard InChI is InChI=1S/C26H48N2/c1-23(2,3)25(10-11-25)15-19-27-18-8-22(21-27)20-24(4,5)9-12-26(13-14-26)28-16-6-7-17-28/h22H,6-21H2,1-5H3. The van der Waals surface area contributed by atoms with E-state index in [0.29, 0.717) is 21.8 Å². The highest BCUT2D eigenvalue weighted by atomic mass is 15.2. The third-order valence-corrected chi connectivity index (χ3v) is 9.43. The van der Waals surface area contributed by atoms with E-state index in [2.05, 4.69) is 44.4 Å². The van der Waals surface area contributed by atoms with Gasteiger partial charge < -0.3 is 4.90 Å². The highest BCUT2D eigenvalue weighted by molar-refractivity contribution is 5.05. The number of hydrogen-bond donors (Lipinski definition) is 0. The van der Waals surface area contributed by atoms with Crippen molar-refractivity contribution < 1.29 is 0 Å². The van der Waals surface area contributed by atoms with Crippen LogP contribution in [0.1, 0.15) is 105 Å². The van der Waals surface area contributed by atoms with E-state index in [1.54, 1.807) is 0 Å². The van der Waals surface area contributed by atoms with E-state index in [9.17, 15) is 0 Å². The zero-order valence-electron chi connectivity index (χ0n) is 19.8. The van der Waals surface area contributed by atoms with Crippen LogP contribution in [0.2, 0.25) is 0 Å². The van der Waals surface area contributed by atoms with Crippen molar-refractivity contribution in [3.05, 3.63) is 0 Å². The van der Waals surface area contributed by atoms with Crippen molar-refractivity contribution in [2.24, 2.45) is 22.2 Å². The molecule has 0 aromatic carbocycles. The smallest absolute Gasteiger partial charge is 0.0211 e. The summed E-state index contributed by atoms with van der Waals surface area (Å²) in [6.07, 6.45) is 16.0. The van der Waals surface area contributed by atoms with Crippen LogP contribution in [0.15, 0.2) is 0 Å². The summed E-state index contributed by atoms with van der Waals surface area (Å²) >= 11 is 0. The molecule has 2 nitrogen and oxygen atoms in total. The average molecular weight is 389 g/mol. The predicted octanol–water partition coefficient (Wildman–Crippen LogP) is 6.35. The summed E-state index contributed by atoms with van der Waals surface area (Å²) in [5.74, 6) is 0.946. The summed E-state index contributed by atoms with van der Waals surface area (Å²) in [5.41, 5.74) is 2.33. The fourth-order valence-electron chi connectivity index (χ4n) is 6.70. The van der Waals surface area contributed by atoms with Crippen molar-refractivity contribution in [2.45, 2.75) is 111 Å². The van der Waals surface area contributed by atoms with Gasteiger partial charge in [0.2, 0.25) is 0 Å². The molecular weight excluding hydrogens is 340 g/mol. The summed E-state index contributed by atoms with van der Waals surface area (Å²) in [4.78, 5) is 5.66. The van der Waals surface area contributed by atoms with Crippen LogP contribution in [0.3, 0.4) is 0 Å². The van der Waals surface area contributed by atoms with Crippen LogP contribution in [0.25, 0.3) is 0 Å². The molecule has 4 aliphatic rings. The molecule has 2 saturated heterocycles. The lowest BCUT2D eigenvalue weighted by Crippen LogP contribution is -2.36. The van der Waals surface area contributed by atoms with Crippen molar-refractivity contribution in [1.82, 2.24) is 9.80 Å². The zero-order chi connectivity index (χ0) is 20.0. The lowest BCUT2D eigenvalue weighted by molar-refractivity contribution is 0.158. The summed E-state index contributed by atoms with van der Waals surface area (Å²) in [6, 6.07) is 0. The van der Waals surface area contributed by atoms with Crippen molar-refractivity contribution in [2.75, 3.05) is 32.7 Å². The first-order chi connectivity index (χ1) is 13.1. The molecule has 0 aromatic rings. The monoisotopic (exact) mass is 388 g/mol. The quantitative estimate of drug-likeness (QED) is 0.454. The number of rotatable bonds is 9. The van der Waals surface area contributed by atoms with Crippen molar-refractivity contribution in [3.8, 4) is 0 Å². The second kappa shape index (κ2) is 7.56. The molecule has 2 saturated carbocycles. The van der Waals surface area contributed by atoms with Gasteiger partial charge in [0.25, 0.3) is 0 Å². The summed E-state index contributed by atoms with van der Waals surface area (Å²) in [5, 5.41) is 0. The fourth-order valence-corrected chi connectivity index (χ4v) is 6.70. The molecule has 2 aliphatic carbocycles. The topological polar surface area (TPSA) is 6.48 Å². The van der Waals surface area contributed by atoms with Crippen LogP contribution < -0.4 is 0 Å². The van der Waals surface area contributed by atoms with Gasteiger partial charge in [0.1, 0.15) is 0 Å². The first-order valence-electron chi connectivity index (χ1n) is 12.6. The summed E-state index contributed by atoms with van der Waals surface area (Å²) in [6.45, 7) is 19.4. The van der Waals surface area contributed by atoms with E-state index in [1.165, 1.54) is 103 Å². The minimum absolute atomic E-state index is 0.502. The summed E-state index contributed by atoms with van der Waals surface area (Å²) in [7, 11) is 0. The van der Waals surface area contributed by atoms with Gasteiger partial charge in [-0.3, -0.25) is 4.90 Å². The third-order valence-electron chi connectivity index (χ3n) is 9.43. The van der Waals surface area contributed by atoms with E-state index in [-0.39, 0.29) is 0 Å². The minimum atomic E-state index is 0.502. The first kappa shape index (κ1) is 21.2. The van der Waals surface area contributed by atoms with E-state index in [0.717, 1.165) is 5.92 Å². The van der Waals surface area contributed by atoms with Gasteiger partial charge in [-0.1, -0.05) is 34.6 Å². The van der Waals surface area contributed by atoms with Gasteiger partial charge in [0, 0.05) is 12.1 Å². The van der Waals surface area contributed by atoms with Crippen LogP contribution in [-0.2, 0) is 0 Å². The van der Waals surface area contributed by atoms with Crippen LogP contribution >= 0.6 is 0 Å². The van der Waals surface area contributed by atoms with Crippen molar-refractivity contribution in [3.63, 3.8) is 0 Å². The fraction of sp³-hybridized carbons (Fsp3) is 1.00. The molecule has 2 aliphatic heterocycles. The molecule has 4 rings (SSSR count). The van der Waals surface area contributed by atoms with Gasteiger partial charge in [0.15, 0.2) is 0 Å². The molecule has 0 amide bonds. The molecule has 0 radical (unpaired) electrons. The Kier molecular flexibility index (Phi) is 5.71. The van der Waals surface area contributed by atoms with Gasteiger partial charge in [-0.15, -0.1) is 0 Å². The molecule has 28 heavy (non-hydrogen) atoms. The Labute approximate surface area is 175 Å². The third kappa shape index (κ3) is 4.64. The summed E-state index contributed by atoms with van der Waals surface area (Å²) < 4.78 is 0. The molecule has 1 atom stereocenters. The van der Waals surface area contributed by atoms with Crippen LogP contribution in [-0.4, -0.2) is 48.1 Å². The number of hydrogen-bond acceptors (Lipinski definition) is 2. The molecule has 0 aromatic heterocycles. The van der Waals surface area contributed by atoms with Crippen molar-refractivity contribution >= 4 is 0 Å². The zero-order valence-corrected chi connectivity index (χ0v) is 19.8. The molecule has 1 unspecified atom stereocenters. The van der Waals surface area contributed by atoms with Gasteiger partial charge >= 0.3 is 0 Å². The minimum Gasteiger partial charge on any atom is -0.303 e. The Morgan fingerprint density at radius 2 is 1.54 bits per heavy atom. The Hall–Kier alpha value is -0.0800. The first-order valence-corrected chi connectivity index (χ1v) is 12.6. The van der Waals surface area contributed by atoms with Crippen LogP contribution in [0, 0.1) is 22.2 Å². The largest absolute Gasteiger partial charge is 0.303 e. The molecule has 0 spiro atoms. The van der Waals surface area contributed by atoms with Gasteiger partial charge in [0.05, 0.1) is 0 Å². The lowest BCUT2D eigenvalue weighted by atomic mass is 9.75. The molecular formula is C26H48N2. The van der Waals surface area contributed by atoms with E-state index >= 15 is 0 Å². The molecule has 162 valence electrons. The molecule has 2 heterocycles. The Balaban J connectivity index is 1.19. The van der Waals surface area contributed by atoms with E-state index in [1.807, 2.05) is 0 Å². The molecule has 0 bridgehead atoms. The van der Waals surface area contributed by atoms with Crippen LogP contribution in [0.5, 0.6) is 0 Å². The maximum absolute atomic E-state index is 2.85. The number of likely N-dealkylation sites (tertiary alicyclic amines) is 2. The van der Waals surface area contributed by atoms with E-state index < -0.39 is 0 Å². The molecule has 0 N–H and O–H groups in total. The van der Waals surface area contributed by atoms with Crippen molar-refractivity contribution in [1.29, 1.82) is 0 Å². The Morgan fingerprint density at radius 1 is 0.857 bits per heavy atom. The lowest BCUT2D eigenvalue weighted by Gasteiger charge is -2.34. The SMILES string of the molecule is CC(C)(CCC1(N2CCCC2)CC1)CC1CCN(CCC2(C(C)(C)C)CC2)C1. The van der Waals surface area contributed by atoms with E-state index in [4.69, 9.17) is 0 Å². The number of nitrogens with zero attached hydrogens (tertiary/aromatic N) is 2. The maximum Gasteiger partial charge on any atom is 0.0211 e. The average Bonchev–Trinajstić information content (AvgIpc) is 3.48. The second-order valence-corrected chi connectivity index (χ2v) is 13.0. The highest BCUT2D eigenvalue weighted by Gasteiger charge is 2.51. The Morgan fingerprint density at radius 3 is 2.11 bits per heavy atom.